The third-order valence-corrected chi connectivity index (χ3v) is 5.04. The van der Waals surface area contributed by atoms with Gasteiger partial charge in [0.15, 0.2) is 22.1 Å². The Kier molecular flexibility index (Phi) is 4.11. The molecule has 0 radical (unpaired) electrons. The first-order chi connectivity index (χ1) is 12.5. The van der Waals surface area contributed by atoms with Crippen molar-refractivity contribution < 1.29 is 9.13 Å². The summed E-state index contributed by atoms with van der Waals surface area (Å²) in [7, 11) is 4.21. The van der Waals surface area contributed by atoms with Crippen LogP contribution in [-0.2, 0) is 27.2 Å². The van der Waals surface area contributed by atoms with Gasteiger partial charge in [0.05, 0.1) is 14.1 Å². The van der Waals surface area contributed by atoms with Crippen LogP contribution in [0.4, 0.5) is 0 Å². The number of benzene rings is 2. The number of imidazole rings is 2. The van der Waals surface area contributed by atoms with Gasteiger partial charge in [-0.25, -0.2) is 18.3 Å². The van der Waals surface area contributed by atoms with Crippen molar-refractivity contribution in [2.24, 2.45) is 14.1 Å². The summed E-state index contributed by atoms with van der Waals surface area (Å²) in [6, 6.07) is 13.3. The first-order valence-electron chi connectivity index (χ1n) is 9.08. The summed E-state index contributed by atoms with van der Waals surface area (Å²) in [5, 5.41) is 0. The molecule has 4 heteroatoms. The molecule has 132 valence electrons. The number of hydrogen-bond donors (Lipinski definition) is 0. The van der Waals surface area contributed by atoms with Crippen LogP contribution >= 0.6 is 0 Å². The van der Waals surface area contributed by atoms with Crippen LogP contribution in [0, 0.1) is 13.8 Å². The molecule has 0 atom stereocenters. The number of aromatic nitrogens is 4. The highest BCUT2D eigenvalue weighted by Crippen LogP contribution is 2.13. The minimum absolute atomic E-state index is 0.880. The fraction of sp³-hybridized carbons (Fsp3) is 0.273. The molecule has 0 aliphatic carbocycles. The van der Waals surface area contributed by atoms with Crippen LogP contribution in [0.5, 0.6) is 0 Å². The Morgan fingerprint density at radius 1 is 0.731 bits per heavy atom. The Balaban J connectivity index is 1.54. The van der Waals surface area contributed by atoms with Gasteiger partial charge in [-0.05, 0) is 61.4 Å². The molecule has 0 N–H and O–H groups in total. The fourth-order valence-electron chi connectivity index (χ4n) is 3.65. The zero-order valence-corrected chi connectivity index (χ0v) is 16.0. The van der Waals surface area contributed by atoms with E-state index in [0.717, 1.165) is 13.1 Å². The van der Waals surface area contributed by atoms with E-state index in [-0.39, 0.29) is 0 Å². The van der Waals surface area contributed by atoms with Crippen LogP contribution in [0.1, 0.15) is 11.1 Å². The molecule has 2 aromatic carbocycles. The molecule has 2 aromatic heterocycles. The Morgan fingerprint density at radius 2 is 1.15 bits per heavy atom. The van der Waals surface area contributed by atoms with Crippen LogP contribution < -0.4 is 9.13 Å². The summed E-state index contributed by atoms with van der Waals surface area (Å²) in [6.07, 6.45) is 8.84. The highest BCUT2D eigenvalue weighted by atomic mass is 15.1. The molecule has 0 bridgehead atoms. The molecule has 0 fully saturated rings. The zero-order chi connectivity index (χ0) is 18.3. The minimum Gasteiger partial charge on any atom is -0.233 e. The third-order valence-electron chi connectivity index (χ3n) is 5.04. The van der Waals surface area contributed by atoms with Gasteiger partial charge >= 0.3 is 0 Å². The number of nitrogens with zero attached hydrogens (tertiary/aromatic N) is 4. The molecule has 0 aliphatic rings. The van der Waals surface area contributed by atoms with E-state index in [4.69, 9.17) is 0 Å². The molecule has 26 heavy (non-hydrogen) atoms. The monoisotopic (exact) mass is 346 g/mol. The van der Waals surface area contributed by atoms with Gasteiger partial charge in [-0.3, -0.25) is 0 Å². The van der Waals surface area contributed by atoms with Crippen LogP contribution in [0.15, 0.2) is 61.2 Å². The molecule has 2 heterocycles. The molecule has 0 unspecified atom stereocenters. The first-order valence-corrected chi connectivity index (χ1v) is 9.08. The van der Waals surface area contributed by atoms with Gasteiger partial charge in [0.2, 0.25) is 12.7 Å². The summed E-state index contributed by atoms with van der Waals surface area (Å²) >= 11 is 0. The lowest BCUT2D eigenvalue weighted by molar-refractivity contribution is -0.666. The van der Waals surface area contributed by atoms with Crippen molar-refractivity contribution in [3.63, 3.8) is 0 Å². The molecule has 0 aliphatic heterocycles. The summed E-state index contributed by atoms with van der Waals surface area (Å²) in [5.74, 6) is 0. The smallest absolute Gasteiger partial charge is 0.233 e. The predicted molar refractivity (Wildman–Crippen MR) is 105 cm³/mol. The second-order valence-electron chi connectivity index (χ2n) is 7.21. The summed E-state index contributed by atoms with van der Waals surface area (Å²) in [5.41, 5.74) is 7.69. The largest absolute Gasteiger partial charge is 0.244 e. The highest BCUT2D eigenvalue weighted by molar-refractivity contribution is 5.73. The first kappa shape index (κ1) is 16.6. The van der Waals surface area contributed by atoms with E-state index in [1.165, 1.54) is 33.2 Å². The average molecular weight is 346 g/mol. The van der Waals surface area contributed by atoms with Crippen molar-refractivity contribution in [1.29, 1.82) is 0 Å². The van der Waals surface area contributed by atoms with E-state index in [0.29, 0.717) is 0 Å². The van der Waals surface area contributed by atoms with Crippen molar-refractivity contribution in [3.8, 4) is 0 Å². The standard InChI is InChI=1S/C22H26N4/c1-17-7-9-19-21(13-17)23(3)15-25(19)11-5-6-12-26-16-24(4)22-14-18(2)8-10-20(22)26/h5-10,13-16H,11-12H2,1-4H3/q+2/b6-5-. The number of fused-ring (bicyclic) bond motifs is 2. The second kappa shape index (κ2) is 6.45. The lowest BCUT2D eigenvalue weighted by Gasteiger charge is -1.95. The summed E-state index contributed by atoms with van der Waals surface area (Å²) in [4.78, 5) is 0. The highest BCUT2D eigenvalue weighted by Gasteiger charge is 2.13. The van der Waals surface area contributed by atoms with E-state index >= 15 is 0 Å². The average Bonchev–Trinajstić information content (AvgIpc) is 3.09. The SMILES string of the molecule is Cc1ccc2c(c1)n(C)c[n+]2C/C=C\C[n+]1cn(C)c2cc(C)ccc21. The topological polar surface area (TPSA) is 17.6 Å². The minimum atomic E-state index is 0.880. The predicted octanol–water partition coefficient (Wildman–Crippen LogP) is 3.12. The third kappa shape index (κ3) is 2.92. The Hall–Kier alpha value is -2.88. The van der Waals surface area contributed by atoms with E-state index in [1.807, 2.05) is 0 Å². The van der Waals surface area contributed by atoms with Crippen molar-refractivity contribution >= 4 is 22.1 Å². The van der Waals surface area contributed by atoms with Crippen molar-refractivity contribution in [3.05, 3.63) is 72.3 Å². The number of aryl methyl sites for hydroxylation is 4. The van der Waals surface area contributed by atoms with Crippen molar-refractivity contribution in [2.75, 3.05) is 0 Å². The maximum Gasteiger partial charge on any atom is 0.244 e. The maximum absolute atomic E-state index is 2.29. The molecular weight excluding hydrogens is 320 g/mol. The lowest BCUT2D eigenvalue weighted by Crippen LogP contribution is -2.33. The van der Waals surface area contributed by atoms with E-state index in [9.17, 15) is 0 Å². The maximum atomic E-state index is 2.29. The quantitative estimate of drug-likeness (QED) is 0.399. The number of allylic oxidation sites excluding steroid dienone is 2. The fourth-order valence-corrected chi connectivity index (χ4v) is 3.65. The van der Waals surface area contributed by atoms with Crippen molar-refractivity contribution in [2.45, 2.75) is 26.9 Å². The van der Waals surface area contributed by atoms with Gasteiger partial charge < -0.3 is 0 Å². The van der Waals surface area contributed by atoms with Crippen LogP contribution in [0.25, 0.3) is 22.1 Å². The Bertz CT molecular complexity index is 1040. The summed E-state index contributed by atoms with van der Waals surface area (Å²) < 4.78 is 8.97. The van der Waals surface area contributed by atoms with Crippen LogP contribution in [-0.4, -0.2) is 9.13 Å². The molecule has 0 spiro atoms. The number of hydrogen-bond acceptors (Lipinski definition) is 0. The lowest BCUT2D eigenvalue weighted by atomic mass is 10.2. The molecular formula is C22H26N4+2. The van der Waals surface area contributed by atoms with Gasteiger partial charge in [-0.2, -0.15) is 0 Å². The number of rotatable bonds is 4. The molecule has 4 rings (SSSR count). The van der Waals surface area contributed by atoms with E-state index < -0.39 is 0 Å². The van der Waals surface area contributed by atoms with E-state index in [2.05, 4.69) is 107 Å². The van der Waals surface area contributed by atoms with Gasteiger partial charge in [0, 0.05) is 0 Å². The summed E-state index contributed by atoms with van der Waals surface area (Å²) in [6.45, 7) is 6.04. The van der Waals surface area contributed by atoms with Gasteiger partial charge in [0.25, 0.3) is 0 Å². The van der Waals surface area contributed by atoms with Crippen LogP contribution in [0.2, 0.25) is 0 Å². The Labute approximate surface area is 154 Å². The molecule has 0 saturated carbocycles. The van der Waals surface area contributed by atoms with Crippen molar-refractivity contribution in [1.82, 2.24) is 9.13 Å². The van der Waals surface area contributed by atoms with Gasteiger partial charge in [-0.1, -0.05) is 12.1 Å². The van der Waals surface area contributed by atoms with Gasteiger partial charge in [0.1, 0.15) is 13.1 Å². The van der Waals surface area contributed by atoms with Crippen LogP contribution in [0.3, 0.4) is 0 Å². The second-order valence-corrected chi connectivity index (χ2v) is 7.21. The zero-order valence-electron chi connectivity index (χ0n) is 16.0. The molecule has 4 aromatic rings. The molecule has 0 amide bonds. The van der Waals surface area contributed by atoms with E-state index in [1.54, 1.807) is 0 Å². The Morgan fingerprint density at radius 3 is 1.58 bits per heavy atom. The normalized spacial score (nSPS) is 12.0. The molecule has 0 saturated heterocycles. The van der Waals surface area contributed by atoms with Gasteiger partial charge in [-0.15, -0.1) is 0 Å². The molecule has 4 nitrogen and oxygen atoms in total.